The van der Waals surface area contributed by atoms with E-state index in [2.05, 4.69) is 40.7 Å². The number of methoxy groups -OCH3 is 1. The summed E-state index contributed by atoms with van der Waals surface area (Å²) in [5.74, 6) is 0. The highest BCUT2D eigenvalue weighted by Gasteiger charge is 2.12. The number of hydrogen-bond acceptors (Lipinski definition) is 3. The highest BCUT2D eigenvalue weighted by molar-refractivity contribution is 9.10. The summed E-state index contributed by atoms with van der Waals surface area (Å²) in [5.41, 5.74) is 1.04. The predicted molar refractivity (Wildman–Crippen MR) is 74.7 cm³/mol. The molecule has 0 unspecified atom stereocenters. The van der Waals surface area contributed by atoms with Crippen LogP contribution in [-0.2, 0) is 22.8 Å². The summed E-state index contributed by atoms with van der Waals surface area (Å²) < 4.78 is 13.3. The summed E-state index contributed by atoms with van der Waals surface area (Å²) in [6, 6.07) is 1.18. The summed E-state index contributed by atoms with van der Waals surface area (Å²) in [6.07, 6.45) is 1.95. The van der Waals surface area contributed by atoms with Crippen molar-refractivity contribution in [3.8, 4) is 0 Å². The lowest BCUT2D eigenvalue weighted by molar-refractivity contribution is 0.0782. The molecular weight excluding hydrogens is 300 g/mol. The van der Waals surface area contributed by atoms with Crippen molar-refractivity contribution in [3.05, 3.63) is 16.4 Å². The van der Waals surface area contributed by atoms with Gasteiger partial charge in [0, 0.05) is 33.6 Å². The number of ether oxygens (including phenoxy) is 2. The van der Waals surface area contributed by atoms with Gasteiger partial charge in [-0.2, -0.15) is 5.10 Å². The Morgan fingerprint density at radius 1 is 1.41 bits per heavy atom. The van der Waals surface area contributed by atoms with Crippen LogP contribution in [-0.4, -0.2) is 31.6 Å². The van der Waals surface area contributed by atoms with Crippen LogP contribution in [0.2, 0.25) is 25.7 Å². The van der Waals surface area contributed by atoms with Crippen molar-refractivity contribution in [1.82, 2.24) is 9.78 Å². The normalized spacial score (nSPS) is 12.1. The Morgan fingerprint density at radius 3 is 2.71 bits per heavy atom. The van der Waals surface area contributed by atoms with Crippen LogP contribution in [0.25, 0.3) is 0 Å². The molecule has 0 spiro atoms. The molecule has 0 N–H and O–H groups in total. The molecule has 0 aliphatic heterocycles. The van der Waals surface area contributed by atoms with E-state index in [1.807, 2.05) is 6.20 Å². The number of halogens is 1. The molecule has 0 atom stereocenters. The number of nitrogens with zero attached hydrogens (tertiary/aromatic N) is 2. The van der Waals surface area contributed by atoms with Crippen molar-refractivity contribution in [3.63, 3.8) is 0 Å². The Bertz CT molecular complexity index is 350. The van der Waals surface area contributed by atoms with E-state index in [1.54, 1.807) is 11.8 Å². The molecule has 4 nitrogen and oxygen atoms in total. The van der Waals surface area contributed by atoms with Gasteiger partial charge in [-0.3, -0.25) is 0 Å². The Hall–Kier alpha value is -0.173. The lowest BCUT2D eigenvalue weighted by atomic mass is 10.4. The van der Waals surface area contributed by atoms with Crippen LogP contribution in [0.15, 0.2) is 10.8 Å². The zero-order valence-corrected chi connectivity index (χ0v) is 13.6. The van der Waals surface area contributed by atoms with Gasteiger partial charge >= 0.3 is 0 Å². The molecule has 0 aliphatic rings. The molecule has 0 bridgehead atoms. The minimum atomic E-state index is -0.998. The van der Waals surface area contributed by atoms with Crippen LogP contribution in [0.4, 0.5) is 0 Å². The zero-order valence-electron chi connectivity index (χ0n) is 11.0. The molecule has 1 aromatic heterocycles. The minimum absolute atomic E-state index is 0.507. The molecule has 1 aromatic rings. The molecule has 0 radical (unpaired) electrons. The molecular formula is C11H21BrN2O2Si. The van der Waals surface area contributed by atoms with Crippen LogP contribution < -0.4 is 0 Å². The lowest BCUT2D eigenvalue weighted by Gasteiger charge is -2.15. The Kier molecular flexibility index (Phi) is 5.85. The van der Waals surface area contributed by atoms with Gasteiger partial charge in [0.25, 0.3) is 0 Å². The lowest BCUT2D eigenvalue weighted by Crippen LogP contribution is -2.22. The van der Waals surface area contributed by atoms with Gasteiger partial charge in [-0.25, -0.2) is 4.68 Å². The maximum absolute atomic E-state index is 5.62. The summed E-state index contributed by atoms with van der Waals surface area (Å²) in [4.78, 5) is 0. The van der Waals surface area contributed by atoms with E-state index >= 15 is 0 Å². The molecule has 1 rings (SSSR count). The van der Waals surface area contributed by atoms with Crippen molar-refractivity contribution >= 4 is 24.0 Å². The van der Waals surface area contributed by atoms with Crippen LogP contribution in [0, 0.1) is 0 Å². The number of rotatable bonds is 7. The third-order valence-corrected chi connectivity index (χ3v) is 4.68. The van der Waals surface area contributed by atoms with Gasteiger partial charge in [0.1, 0.15) is 11.3 Å². The molecule has 0 aromatic carbocycles. The molecule has 17 heavy (non-hydrogen) atoms. The average Bonchev–Trinajstić information content (AvgIpc) is 2.54. The van der Waals surface area contributed by atoms with E-state index in [4.69, 9.17) is 9.47 Å². The Balaban J connectivity index is 2.34. The average molecular weight is 321 g/mol. The number of hydrogen-bond donors (Lipinski definition) is 0. The Morgan fingerprint density at radius 2 is 2.12 bits per heavy atom. The maximum atomic E-state index is 5.62. The highest BCUT2D eigenvalue weighted by Crippen LogP contribution is 2.15. The van der Waals surface area contributed by atoms with Gasteiger partial charge in [0.2, 0.25) is 0 Å². The smallest absolute Gasteiger partial charge is 0.139 e. The summed E-state index contributed by atoms with van der Waals surface area (Å²) in [7, 11) is 0.677. The van der Waals surface area contributed by atoms with E-state index in [1.165, 1.54) is 6.04 Å². The number of aromatic nitrogens is 2. The van der Waals surface area contributed by atoms with E-state index in [-0.39, 0.29) is 0 Å². The minimum Gasteiger partial charge on any atom is -0.380 e. The molecule has 98 valence electrons. The third-order valence-electron chi connectivity index (χ3n) is 2.31. The molecule has 0 fully saturated rings. The fraction of sp³-hybridized carbons (Fsp3) is 0.727. The molecule has 0 aliphatic carbocycles. The molecule has 6 heteroatoms. The van der Waals surface area contributed by atoms with Gasteiger partial charge in [0.05, 0.1) is 6.61 Å². The van der Waals surface area contributed by atoms with Crippen molar-refractivity contribution in [1.29, 1.82) is 0 Å². The topological polar surface area (TPSA) is 36.3 Å². The summed E-state index contributed by atoms with van der Waals surface area (Å²) in [5, 5.41) is 4.30. The highest BCUT2D eigenvalue weighted by atomic mass is 79.9. The van der Waals surface area contributed by atoms with Crippen molar-refractivity contribution in [2.45, 2.75) is 39.0 Å². The van der Waals surface area contributed by atoms with Gasteiger partial charge in [-0.1, -0.05) is 19.6 Å². The fourth-order valence-corrected chi connectivity index (χ4v) is 2.47. The van der Waals surface area contributed by atoms with E-state index in [0.29, 0.717) is 13.3 Å². The second kappa shape index (κ2) is 6.68. The molecule has 0 amide bonds. The first kappa shape index (κ1) is 14.9. The third kappa shape index (κ3) is 5.81. The van der Waals surface area contributed by atoms with Crippen molar-refractivity contribution in [2.24, 2.45) is 0 Å². The van der Waals surface area contributed by atoms with E-state index in [0.717, 1.165) is 16.8 Å². The van der Waals surface area contributed by atoms with E-state index < -0.39 is 8.07 Å². The largest absolute Gasteiger partial charge is 0.380 e. The second-order valence-corrected chi connectivity index (χ2v) is 11.6. The van der Waals surface area contributed by atoms with Crippen molar-refractivity contribution in [2.75, 3.05) is 13.7 Å². The second-order valence-electron chi connectivity index (χ2n) is 5.27. The van der Waals surface area contributed by atoms with Crippen LogP contribution in [0.5, 0.6) is 0 Å². The zero-order chi connectivity index (χ0) is 12.9. The first-order valence-electron chi connectivity index (χ1n) is 5.71. The first-order valence-corrected chi connectivity index (χ1v) is 10.2. The molecule has 0 saturated heterocycles. The standard InChI is InChI=1S/C11H21BrN2O2Si/c1-15-8-10-7-14(13-11(10)12)9-16-5-6-17(2,3)4/h7H,5-6,8-9H2,1-4H3. The van der Waals surface area contributed by atoms with Crippen LogP contribution in [0.3, 0.4) is 0 Å². The summed E-state index contributed by atoms with van der Waals surface area (Å²) in [6.45, 7) is 8.92. The van der Waals surface area contributed by atoms with Crippen LogP contribution >= 0.6 is 15.9 Å². The van der Waals surface area contributed by atoms with Crippen molar-refractivity contribution < 1.29 is 9.47 Å². The SMILES string of the molecule is COCc1cn(COCC[Si](C)(C)C)nc1Br. The van der Waals surface area contributed by atoms with Gasteiger partial charge in [-0.15, -0.1) is 0 Å². The predicted octanol–water partition coefficient (Wildman–Crippen LogP) is 3.10. The van der Waals surface area contributed by atoms with Gasteiger partial charge in [0.15, 0.2) is 0 Å². The fourth-order valence-electron chi connectivity index (χ4n) is 1.29. The van der Waals surface area contributed by atoms with Gasteiger partial charge < -0.3 is 9.47 Å². The van der Waals surface area contributed by atoms with Gasteiger partial charge in [-0.05, 0) is 22.0 Å². The first-order chi connectivity index (χ1) is 7.92. The monoisotopic (exact) mass is 320 g/mol. The van der Waals surface area contributed by atoms with E-state index in [9.17, 15) is 0 Å². The Labute approximate surface area is 112 Å². The molecule has 0 saturated carbocycles. The van der Waals surface area contributed by atoms with Crippen LogP contribution in [0.1, 0.15) is 5.56 Å². The summed E-state index contributed by atoms with van der Waals surface area (Å²) >= 11 is 3.40. The maximum Gasteiger partial charge on any atom is 0.139 e. The quantitative estimate of drug-likeness (QED) is 0.572. The molecule has 1 heterocycles.